The summed E-state index contributed by atoms with van der Waals surface area (Å²) in [5, 5.41) is 6.82. The number of thiazole rings is 1. The van der Waals surface area contributed by atoms with E-state index >= 15 is 0 Å². The SMILES string of the molecule is COc1ccc([C@@H]2C(C(=O)Nc3ccccc3)=C(C)N=c3s/c(=C/c4cn(CC(=O)Nc5ccccc5)c5ccccc45)c(=O)n32)cc1. The van der Waals surface area contributed by atoms with Crippen LogP contribution in [-0.4, -0.2) is 28.1 Å². The van der Waals surface area contributed by atoms with Gasteiger partial charge in [0.05, 0.1) is 29.0 Å². The van der Waals surface area contributed by atoms with Crippen molar-refractivity contribution in [3.05, 3.63) is 157 Å². The van der Waals surface area contributed by atoms with E-state index in [1.807, 2.05) is 126 Å². The first-order valence-corrected chi connectivity index (χ1v) is 16.2. The summed E-state index contributed by atoms with van der Waals surface area (Å²) in [7, 11) is 1.59. The Labute approximate surface area is 279 Å². The maximum absolute atomic E-state index is 14.3. The third kappa shape index (κ3) is 5.96. The largest absolute Gasteiger partial charge is 0.497 e. The highest BCUT2D eigenvalue weighted by atomic mass is 32.1. The number of rotatable bonds is 8. The Kier molecular flexibility index (Phi) is 8.31. The summed E-state index contributed by atoms with van der Waals surface area (Å²) in [6.45, 7) is 1.89. The number of aromatic nitrogens is 2. The van der Waals surface area contributed by atoms with Crippen molar-refractivity contribution in [3.8, 4) is 5.75 Å². The molecule has 238 valence electrons. The number of nitrogens with zero attached hydrogens (tertiary/aromatic N) is 3. The van der Waals surface area contributed by atoms with E-state index in [1.54, 1.807) is 18.6 Å². The zero-order valence-corrected chi connectivity index (χ0v) is 27.0. The molecule has 3 heterocycles. The van der Waals surface area contributed by atoms with E-state index in [0.29, 0.717) is 32.0 Å². The highest BCUT2D eigenvalue weighted by Gasteiger charge is 2.32. The number of carbonyl (C=O) groups is 2. The maximum atomic E-state index is 14.3. The number of carbonyl (C=O) groups excluding carboxylic acids is 2. The minimum absolute atomic E-state index is 0.0983. The fraction of sp³-hybridized carbons (Fsp3) is 0.105. The number of ether oxygens (including phenoxy) is 1. The molecule has 0 radical (unpaired) electrons. The van der Waals surface area contributed by atoms with Crippen LogP contribution in [0.1, 0.15) is 24.1 Å². The van der Waals surface area contributed by atoms with Crippen molar-refractivity contribution >= 4 is 51.5 Å². The second-order valence-corrected chi connectivity index (χ2v) is 12.3. The molecule has 0 aliphatic carbocycles. The number of allylic oxidation sites excluding steroid dienone is 1. The number of hydrogen-bond donors (Lipinski definition) is 2. The molecule has 0 bridgehead atoms. The number of para-hydroxylation sites is 3. The zero-order chi connectivity index (χ0) is 33.2. The molecule has 2 aromatic heterocycles. The van der Waals surface area contributed by atoms with Gasteiger partial charge in [-0.3, -0.25) is 19.0 Å². The van der Waals surface area contributed by atoms with Crippen LogP contribution in [0.5, 0.6) is 5.75 Å². The lowest BCUT2D eigenvalue weighted by atomic mass is 9.95. The molecule has 6 aromatic rings. The average molecular weight is 654 g/mol. The smallest absolute Gasteiger partial charge is 0.271 e. The van der Waals surface area contributed by atoms with Gasteiger partial charge < -0.3 is 19.9 Å². The van der Waals surface area contributed by atoms with Crippen molar-refractivity contribution in [2.45, 2.75) is 19.5 Å². The molecule has 0 saturated carbocycles. The van der Waals surface area contributed by atoms with Gasteiger partial charge in [0, 0.05) is 34.0 Å². The van der Waals surface area contributed by atoms with Gasteiger partial charge in [0.2, 0.25) is 5.91 Å². The fourth-order valence-corrected chi connectivity index (χ4v) is 7.01. The van der Waals surface area contributed by atoms with Crippen molar-refractivity contribution in [2.24, 2.45) is 4.99 Å². The highest BCUT2D eigenvalue weighted by molar-refractivity contribution is 7.07. The summed E-state index contributed by atoms with van der Waals surface area (Å²) < 4.78 is 9.31. The molecule has 1 aliphatic heterocycles. The molecule has 0 fully saturated rings. The molecule has 48 heavy (non-hydrogen) atoms. The van der Waals surface area contributed by atoms with Gasteiger partial charge in [-0.25, -0.2) is 4.99 Å². The standard InChI is InChI=1S/C38H31N5O4S/c1-24-34(36(45)41-28-13-7-4-8-14-28)35(25-17-19-29(47-2)20-18-25)43-37(46)32(48-38(43)39-24)21-26-22-42(31-16-10-9-15-30(26)31)23-33(44)40-27-11-5-3-6-12-27/h3-22,35H,23H2,1-2H3,(H,40,44)(H,41,45)/b32-21+/t35-/m1/s1. The Bertz CT molecular complexity index is 2370. The lowest BCUT2D eigenvalue weighted by Gasteiger charge is -2.25. The van der Waals surface area contributed by atoms with Crippen molar-refractivity contribution in [3.63, 3.8) is 0 Å². The normalized spacial score (nSPS) is 14.4. The van der Waals surface area contributed by atoms with Crippen LogP contribution in [-0.2, 0) is 16.1 Å². The molecule has 4 aromatic carbocycles. The number of nitrogens with one attached hydrogen (secondary N) is 2. The van der Waals surface area contributed by atoms with Gasteiger partial charge in [-0.15, -0.1) is 0 Å². The van der Waals surface area contributed by atoms with Crippen LogP contribution >= 0.6 is 11.3 Å². The van der Waals surface area contributed by atoms with E-state index in [2.05, 4.69) is 10.6 Å². The second kappa shape index (κ2) is 13.0. The van der Waals surface area contributed by atoms with E-state index < -0.39 is 6.04 Å². The van der Waals surface area contributed by atoms with E-state index in [9.17, 15) is 14.4 Å². The Morgan fingerprint density at radius 3 is 2.21 bits per heavy atom. The Hall–Kier alpha value is -6.00. The van der Waals surface area contributed by atoms with Gasteiger partial charge in [-0.1, -0.05) is 78.1 Å². The number of anilines is 2. The molecule has 0 spiro atoms. The first-order chi connectivity index (χ1) is 23.4. The van der Waals surface area contributed by atoms with Crippen molar-refractivity contribution in [2.75, 3.05) is 17.7 Å². The van der Waals surface area contributed by atoms with Crippen LogP contribution in [0.25, 0.3) is 17.0 Å². The van der Waals surface area contributed by atoms with Crippen LogP contribution in [0.4, 0.5) is 11.4 Å². The molecule has 1 aliphatic rings. The lowest BCUT2D eigenvalue weighted by Crippen LogP contribution is -2.40. The lowest BCUT2D eigenvalue weighted by molar-refractivity contribution is -0.116. The predicted octanol–water partition coefficient (Wildman–Crippen LogP) is 5.48. The van der Waals surface area contributed by atoms with Crippen LogP contribution in [0.3, 0.4) is 0 Å². The molecule has 0 saturated heterocycles. The summed E-state index contributed by atoms with van der Waals surface area (Å²) >= 11 is 1.27. The Morgan fingerprint density at radius 2 is 1.52 bits per heavy atom. The minimum Gasteiger partial charge on any atom is -0.497 e. The van der Waals surface area contributed by atoms with Crippen molar-refractivity contribution in [1.29, 1.82) is 0 Å². The van der Waals surface area contributed by atoms with Crippen LogP contribution in [0.15, 0.2) is 136 Å². The molecule has 10 heteroatoms. The molecule has 2 N–H and O–H groups in total. The van der Waals surface area contributed by atoms with E-state index in [1.165, 1.54) is 11.3 Å². The fourth-order valence-electron chi connectivity index (χ4n) is 5.97. The quantitative estimate of drug-likeness (QED) is 0.227. The molecule has 2 amide bonds. The molecule has 0 unspecified atom stereocenters. The first-order valence-electron chi connectivity index (χ1n) is 15.4. The molecular weight excluding hydrogens is 623 g/mol. The first kappa shape index (κ1) is 30.6. The number of fused-ring (bicyclic) bond motifs is 2. The summed E-state index contributed by atoms with van der Waals surface area (Å²) in [6, 6.07) is 32.9. The van der Waals surface area contributed by atoms with Gasteiger partial charge in [0.15, 0.2) is 4.80 Å². The van der Waals surface area contributed by atoms with E-state index in [4.69, 9.17) is 9.73 Å². The second-order valence-electron chi connectivity index (χ2n) is 11.3. The van der Waals surface area contributed by atoms with Gasteiger partial charge in [-0.05, 0) is 61.0 Å². The predicted molar refractivity (Wildman–Crippen MR) is 189 cm³/mol. The van der Waals surface area contributed by atoms with Crippen LogP contribution in [0.2, 0.25) is 0 Å². The van der Waals surface area contributed by atoms with Crippen LogP contribution in [0, 0.1) is 0 Å². The summed E-state index contributed by atoms with van der Waals surface area (Å²) in [4.78, 5) is 46.4. The van der Waals surface area contributed by atoms with E-state index in [0.717, 1.165) is 27.7 Å². The Balaban J connectivity index is 1.31. The topological polar surface area (TPSA) is 107 Å². The summed E-state index contributed by atoms with van der Waals surface area (Å²) in [6.07, 6.45) is 3.73. The number of methoxy groups -OCH3 is 1. The average Bonchev–Trinajstić information content (AvgIpc) is 3.60. The molecule has 7 rings (SSSR count). The van der Waals surface area contributed by atoms with Crippen LogP contribution < -0.4 is 30.3 Å². The highest BCUT2D eigenvalue weighted by Crippen LogP contribution is 2.32. The minimum atomic E-state index is -0.721. The summed E-state index contributed by atoms with van der Waals surface area (Å²) in [5.74, 6) is 0.162. The number of amides is 2. The molecular formula is C38H31N5O4S. The van der Waals surface area contributed by atoms with Gasteiger partial charge in [-0.2, -0.15) is 0 Å². The third-order valence-corrected chi connectivity index (χ3v) is 9.19. The van der Waals surface area contributed by atoms with Gasteiger partial charge in [0.1, 0.15) is 12.3 Å². The number of hydrogen-bond acceptors (Lipinski definition) is 6. The van der Waals surface area contributed by atoms with Crippen molar-refractivity contribution < 1.29 is 14.3 Å². The third-order valence-electron chi connectivity index (χ3n) is 8.21. The summed E-state index contributed by atoms with van der Waals surface area (Å²) in [5.41, 5.74) is 4.41. The maximum Gasteiger partial charge on any atom is 0.271 e. The van der Waals surface area contributed by atoms with Crippen molar-refractivity contribution in [1.82, 2.24) is 9.13 Å². The number of benzene rings is 4. The van der Waals surface area contributed by atoms with E-state index in [-0.39, 0.29) is 23.9 Å². The monoisotopic (exact) mass is 653 g/mol. The molecule has 1 atom stereocenters. The van der Waals surface area contributed by atoms with Gasteiger partial charge >= 0.3 is 0 Å². The zero-order valence-electron chi connectivity index (χ0n) is 26.2. The Morgan fingerprint density at radius 1 is 0.875 bits per heavy atom. The molecule has 9 nitrogen and oxygen atoms in total. The van der Waals surface area contributed by atoms with Gasteiger partial charge in [0.25, 0.3) is 11.5 Å².